The highest BCUT2D eigenvalue weighted by atomic mass is 32.2. The summed E-state index contributed by atoms with van der Waals surface area (Å²) in [4.78, 5) is 0. The number of hydrogen-bond donors (Lipinski definition) is 1. The van der Waals surface area contributed by atoms with Gasteiger partial charge in [-0.2, -0.15) is 11.8 Å². The Morgan fingerprint density at radius 2 is 2.24 bits per heavy atom. The van der Waals surface area contributed by atoms with E-state index in [0.717, 1.165) is 24.9 Å². The second-order valence-corrected chi connectivity index (χ2v) is 6.15. The van der Waals surface area contributed by atoms with Crippen molar-refractivity contribution in [3.05, 3.63) is 35.6 Å². The minimum atomic E-state index is -0.116. The van der Waals surface area contributed by atoms with Crippen LogP contribution in [0.25, 0.3) is 0 Å². The Bertz CT molecular complexity index is 363. The molecular weight excluding hydrogens is 233 g/mol. The maximum atomic E-state index is 13.1. The van der Waals surface area contributed by atoms with Gasteiger partial charge in [0.25, 0.3) is 0 Å². The molecule has 1 aliphatic rings. The Kier molecular flexibility index (Phi) is 4.46. The zero-order valence-corrected chi connectivity index (χ0v) is 11.3. The standard InChI is InChI=1S/C14H20FNS/c1-10(17-2)9-16-14-7-12(8-14)11-4-3-5-13(15)6-11/h3-6,10,12,14,16H,7-9H2,1-2H3. The topological polar surface area (TPSA) is 12.0 Å². The average Bonchev–Trinajstić information content (AvgIpc) is 2.26. The Hall–Kier alpha value is -0.540. The fourth-order valence-electron chi connectivity index (χ4n) is 2.23. The predicted molar refractivity (Wildman–Crippen MR) is 73.1 cm³/mol. The van der Waals surface area contributed by atoms with Crippen molar-refractivity contribution in [2.24, 2.45) is 0 Å². The van der Waals surface area contributed by atoms with Crippen LogP contribution < -0.4 is 5.32 Å². The van der Waals surface area contributed by atoms with Crippen LogP contribution in [0.5, 0.6) is 0 Å². The van der Waals surface area contributed by atoms with E-state index >= 15 is 0 Å². The molecule has 0 bridgehead atoms. The molecule has 94 valence electrons. The summed E-state index contributed by atoms with van der Waals surface area (Å²) in [6.07, 6.45) is 4.43. The summed E-state index contributed by atoms with van der Waals surface area (Å²) in [7, 11) is 0. The fraction of sp³-hybridized carbons (Fsp3) is 0.571. The molecule has 1 nitrogen and oxygen atoms in total. The van der Waals surface area contributed by atoms with E-state index in [2.05, 4.69) is 18.5 Å². The van der Waals surface area contributed by atoms with E-state index in [0.29, 0.717) is 17.2 Å². The molecule has 0 saturated heterocycles. The second-order valence-electron chi connectivity index (χ2n) is 4.87. The van der Waals surface area contributed by atoms with Crippen LogP contribution >= 0.6 is 11.8 Å². The van der Waals surface area contributed by atoms with Gasteiger partial charge in [0.05, 0.1) is 0 Å². The predicted octanol–water partition coefficient (Wildman–Crippen LogP) is 3.41. The lowest BCUT2D eigenvalue weighted by Crippen LogP contribution is -2.42. The summed E-state index contributed by atoms with van der Waals surface area (Å²) in [5.41, 5.74) is 1.15. The highest BCUT2D eigenvalue weighted by Crippen LogP contribution is 2.37. The number of hydrogen-bond acceptors (Lipinski definition) is 2. The number of halogens is 1. The molecule has 0 aromatic heterocycles. The summed E-state index contributed by atoms with van der Waals surface area (Å²) in [5.74, 6) is 0.433. The zero-order valence-electron chi connectivity index (χ0n) is 10.4. The van der Waals surface area contributed by atoms with Gasteiger partial charge < -0.3 is 5.32 Å². The summed E-state index contributed by atoms with van der Waals surface area (Å²) in [5, 5.41) is 4.24. The lowest BCUT2D eigenvalue weighted by Gasteiger charge is -2.37. The number of nitrogens with one attached hydrogen (secondary N) is 1. The quantitative estimate of drug-likeness (QED) is 0.863. The van der Waals surface area contributed by atoms with Crippen LogP contribution in [0.3, 0.4) is 0 Å². The van der Waals surface area contributed by atoms with Crippen LogP contribution in [0.4, 0.5) is 4.39 Å². The third-order valence-electron chi connectivity index (χ3n) is 3.55. The van der Waals surface area contributed by atoms with E-state index in [9.17, 15) is 4.39 Å². The molecule has 17 heavy (non-hydrogen) atoms. The monoisotopic (exact) mass is 253 g/mol. The van der Waals surface area contributed by atoms with Crippen molar-refractivity contribution in [2.45, 2.75) is 37.0 Å². The molecule has 0 spiro atoms. The van der Waals surface area contributed by atoms with E-state index in [1.54, 1.807) is 12.1 Å². The van der Waals surface area contributed by atoms with Crippen molar-refractivity contribution in [3.63, 3.8) is 0 Å². The minimum Gasteiger partial charge on any atom is -0.313 e. The Morgan fingerprint density at radius 3 is 2.88 bits per heavy atom. The molecule has 1 unspecified atom stereocenters. The minimum absolute atomic E-state index is 0.116. The molecule has 0 heterocycles. The first-order valence-electron chi connectivity index (χ1n) is 6.20. The van der Waals surface area contributed by atoms with Gasteiger partial charge in [0, 0.05) is 17.8 Å². The maximum absolute atomic E-state index is 13.1. The largest absolute Gasteiger partial charge is 0.313 e. The molecule has 0 aliphatic heterocycles. The van der Waals surface area contributed by atoms with E-state index in [1.165, 1.54) is 6.07 Å². The molecule has 1 atom stereocenters. The molecule has 2 rings (SSSR count). The van der Waals surface area contributed by atoms with Crippen LogP contribution in [0, 0.1) is 5.82 Å². The average molecular weight is 253 g/mol. The van der Waals surface area contributed by atoms with Crippen molar-refractivity contribution in [1.82, 2.24) is 5.32 Å². The van der Waals surface area contributed by atoms with Crippen molar-refractivity contribution < 1.29 is 4.39 Å². The van der Waals surface area contributed by atoms with Gasteiger partial charge in [0.1, 0.15) is 5.82 Å². The van der Waals surface area contributed by atoms with Gasteiger partial charge in [0.15, 0.2) is 0 Å². The van der Waals surface area contributed by atoms with Gasteiger partial charge in [-0.15, -0.1) is 0 Å². The first kappa shape index (κ1) is 12.9. The third kappa shape index (κ3) is 3.46. The summed E-state index contributed by atoms with van der Waals surface area (Å²) in [6.45, 7) is 3.31. The van der Waals surface area contributed by atoms with Gasteiger partial charge in [-0.3, -0.25) is 0 Å². The number of benzene rings is 1. The maximum Gasteiger partial charge on any atom is 0.123 e. The van der Waals surface area contributed by atoms with Crippen LogP contribution in [0.2, 0.25) is 0 Å². The highest BCUT2D eigenvalue weighted by molar-refractivity contribution is 7.99. The lowest BCUT2D eigenvalue weighted by atomic mass is 9.76. The van der Waals surface area contributed by atoms with Crippen molar-refractivity contribution in [3.8, 4) is 0 Å². The van der Waals surface area contributed by atoms with E-state index in [-0.39, 0.29) is 5.82 Å². The Labute approximate surface area is 107 Å². The van der Waals surface area contributed by atoms with Gasteiger partial charge >= 0.3 is 0 Å². The van der Waals surface area contributed by atoms with E-state index < -0.39 is 0 Å². The molecule has 1 N–H and O–H groups in total. The SMILES string of the molecule is CSC(C)CNC1CC(c2cccc(F)c2)C1. The second kappa shape index (κ2) is 5.87. The molecule has 1 aliphatic carbocycles. The molecule has 0 amide bonds. The summed E-state index contributed by atoms with van der Waals surface area (Å²) >= 11 is 1.89. The normalized spacial score (nSPS) is 25.4. The van der Waals surface area contributed by atoms with Crippen LogP contribution in [-0.4, -0.2) is 24.1 Å². The zero-order chi connectivity index (χ0) is 12.3. The fourth-order valence-corrected chi connectivity index (χ4v) is 2.50. The van der Waals surface area contributed by atoms with Gasteiger partial charge in [-0.25, -0.2) is 4.39 Å². The van der Waals surface area contributed by atoms with E-state index in [1.807, 2.05) is 17.8 Å². The van der Waals surface area contributed by atoms with Crippen molar-refractivity contribution in [1.29, 1.82) is 0 Å². The van der Waals surface area contributed by atoms with Crippen LogP contribution in [0.1, 0.15) is 31.2 Å². The molecule has 1 aromatic carbocycles. The highest BCUT2D eigenvalue weighted by Gasteiger charge is 2.30. The molecule has 0 radical (unpaired) electrons. The van der Waals surface area contributed by atoms with Gasteiger partial charge in [-0.05, 0) is 42.7 Å². The molecule has 3 heteroatoms. The third-order valence-corrected chi connectivity index (χ3v) is 4.53. The van der Waals surface area contributed by atoms with Crippen molar-refractivity contribution in [2.75, 3.05) is 12.8 Å². The lowest BCUT2D eigenvalue weighted by molar-refractivity contribution is 0.292. The Balaban J connectivity index is 1.75. The van der Waals surface area contributed by atoms with Crippen molar-refractivity contribution >= 4 is 11.8 Å². The first-order valence-corrected chi connectivity index (χ1v) is 7.49. The van der Waals surface area contributed by atoms with Crippen LogP contribution in [-0.2, 0) is 0 Å². The summed E-state index contributed by atoms with van der Waals surface area (Å²) < 4.78 is 13.1. The molecular formula is C14H20FNS. The number of thioether (sulfide) groups is 1. The molecule has 1 fully saturated rings. The molecule has 1 aromatic rings. The number of rotatable bonds is 5. The smallest absolute Gasteiger partial charge is 0.123 e. The summed E-state index contributed by atoms with van der Waals surface area (Å²) in [6, 6.07) is 7.65. The van der Waals surface area contributed by atoms with Gasteiger partial charge in [0.2, 0.25) is 0 Å². The molecule has 1 saturated carbocycles. The van der Waals surface area contributed by atoms with Gasteiger partial charge in [-0.1, -0.05) is 19.1 Å². The Morgan fingerprint density at radius 1 is 1.47 bits per heavy atom. The van der Waals surface area contributed by atoms with Crippen LogP contribution in [0.15, 0.2) is 24.3 Å². The first-order chi connectivity index (χ1) is 8.19. The van der Waals surface area contributed by atoms with E-state index in [4.69, 9.17) is 0 Å².